The van der Waals surface area contributed by atoms with E-state index in [9.17, 15) is 13.5 Å². The van der Waals surface area contributed by atoms with Gasteiger partial charge in [0.15, 0.2) is 5.88 Å². The number of benzene rings is 2. The molecule has 154 valence electrons. The number of aliphatic imine (C=N–C) groups is 1. The molecule has 0 fully saturated rings. The molecule has 0 radical (unpaired) electrons. The van der Waals surface area contributed by atoms with Crippen LogP contribution in [0.4, 0.5) is 11.6 Å². The van der Waals surface area contributed by atoms with Gasteiger partial charge in [-0.3, -0.25) is 4.99 Å². The third-order valence-electron chi connectivity index (χ3n) is 4.56. The molecule has 0 atom stereocenters. The number of rotatable bonds is 5. The van der Waals surface area contributed by atoms with Gasteiger partial charge in [0.1, 0.15) is 0 Å². The minimum Gasteiger partial charge on any atom is -0.494 e. The molecule has 0 saturated carbocycles. The topological polar surface area (TPSA) is 133 Å². The van der Waals surface area contributed by atoms with E-state index in [1.807, 2.05) is 12.1 Å². The quantitative estimate of drug-likeness (QED) is 0.349. The van der Waals surface area contributed by atoms with E-state index in [1.165, 1.54) is 35.9 Å². The lowest BCUT2D eigenvalue weighted by atomic mass is 10.1. The van der Waals surface area contributed by atoms with E-state index >= 15 is 0 Å². The van der Waals surface area contributed by atoms with Crippen LogP contribution in [0, 0.1) is 0 Å². The van der Waals surface area contributed by atoms with Gasteiger partial charge in [-0.25, -0.2) is 28.1 Å². The zero-order valence-electron chi connectivity index (χ0n) is 15.7. The first-order valence-corrected chi connectivity index (χ1v) is 11.4. The molecular weight excluding hydrogens is 436 g/mol. The number of aromatic hydroxyl groups is 1. The molecule has 0 aliphatic heterocycles. The van der Waals surface area contributed by atoms with Crippen molar-refractivity contribution in [1.29, 1.82) is 0 Å². The molecule has 0 aliphatic carbocycles. The molecule has 3 aromatic heterocycles. The summed E-state index contributed by atoms with van der Waals surface area (Å²) in [5.74, 6) is -0.000279. The molecule has 5 aromatic rings. The summed E-state index contributed by atoms with van der Waals surface area (Å²) >= 11 is 1.48. The van der Waals surface area contributed by atoms with Gasteiger partial charge >= 0.3 is 0 Å². The number of nitrogens with zero attached hydrogens (tertiary/aromatic N) is 4. The highest BCUT2D eigenvalue weighted by atomic mass is 32.2. The van der Waals surface area contributed by atoms with Gasteiger partial charge in [-0.05, 0) is 42.5 Å². The number of hydrogen-bond acceptors (Lipinski definition) is 8. The normalized spacial score (nSPS) is 12.1. The summed E-state index contributed by atoms with van der Waals surface area (Å²) in [4.78, 5) is 19.4. The number of fused-ring (bicyclic) bond motifs is 3. The smallest absolute Gasteiger partial charge is 0.264 e. The van der Waals surface area contributed by atoms with Crippen LogP contribution in [0.25, 0.3) is 21.1 Å². The predicted molar refractivity (Wildman–Crippen MR) is 120 cm³/mol. The fraction of sp³-hybridized carbons (Fsp3) is 0. The highest BCUT2D eigenvalue weighted by Gasteiger charge is 2.16. The number of anilines is 1. The maximum absolute atomic E-state index is 12.5. The van der Waals surface area contributed by atoms with E-state index in [4.69, 9.17) is 0 Å². The lowest BCUT2D eigenvalue weighted by Crippen LogP contribution is -2.14. The van der Waals surface area contributed by atoms with E-state index in [-0.39, 0.29) is 16.7 Å². The highest BCUT2D eigenvalue weighted by molar-refractivity contribution is 7.92. The first-order valence-electron chi connectivity index (χ1n) is 9.02. The lowest BCUT2D eigenvalue weighted by Gasteiger charge is -2.06. The van der Waals surface area contributed by atoms with Crippen molar-refractivity contribution < 1.29 is 13.5 Å². The van der Waals surface area contributed by atoms with Crippen molar-refractivity contribution in [3.8, 4) is 5.88 Å². The molecule has 0 saturated heterocycles. The fourth-order valence-electron chi connectivity index (χ4n) is 3.12. The number of nitrogens with one attached hydrogen (secondary N) is 2. The van der Waals surface area contributed by atoms with Gasteiger partial charge < -0.3 is 10.1 Å². The summed E-state index contributed by atoms with van der Waals surface area (Å²) in [6.45, 7) is 0. The monoisotopic (exact) mass is 450 g/mol. The maximum Gasteiger partial charge on any atom is 0.264 e. The average molecular weight is 451 g/mol. The number of sulfonamides is 1. The van der Waals surface area contributed by atoms with Crippen LogP contribution < -0.4 is 4.72 Å². The standard InChI is InChI=1S/C20H14N6O3S2/c27-19-14(17-15(25-19)6-7-16-18(17)30-11-24-16)10-23-12-2-4-13(5-3-12)31(28,29)26-20-21-8-1-9-22-20/h1-11,25,27H,(H,21,22,26). The van der Waals surface area contributed by atoms with Crippen LogP contribution >= 0.6 is 11.3 Å². The Kier molecular flexibility index (Phi) is 4.60. The second-order valence-corrected chi connectivity index (χ2v) is 9.04. The molecule has 0 spiro atoms. The second-order valence-electron chi connectivity index (χ2n) is 6.51. The van der Waals surface area contributed by atoms with Gasteiger partial charge in [-0.2, -0.15) is 0 Å². The molecule has 5 rings (SSSR count). The number of aromatic amines is 1. The van der Waals surface area contributed by atoms with Crippen LogP contribution in [0.15, 0.2) is 70.3 Å². The lowest BCUT2D eigenvalue weighted by molar-refractivity contribution is 0.457. The summed E-state index contributed by atoms with van der Waals surface area (Å²) in [7, 11) is -3.82. The van der Waals surface area contributed by atoms with Gasteiger partial charge in [0.05, 0.1) is 37.4 Å². The van der Waals surface area contributed by atoms with Crippen molar-refractivity contribution in [2.24, 2.45) is 4.99 Å². The summed E-state index contributed by atoms with van der Waals surface area (Å²) in [6.07, 6.45) is 4.44. The largest absolute Gasteiger partial charge is 0.494 e. The average Bonchev–Trinajstić information content (AvgIpc) is 3.36. The molecule has 2 aromatic carbocycles. The molecule has 0 unspecified atom stereocenters. The van der Waals surface area contributed by atoms with E-state index in [0.29, 0.717) is 11.3 Å². The maximum atomic E-state index is 12.5. The third-order valence-corrected chi connectivity index (χ3v) is 6.76. The van der Waals surface area contributed by atoms with Gasteiger partial charge in [-0.15, -0.1) is 11.3 Å². The summed E-state index contributed by atoms with van der Waals surface area (Å²) in [6, 6.07) is 11.4. The highest BCUT2D eigenvalue weighted by Crippen LogP contribution is 2.34. The fourth-order valence-corrected chi connectivity index (χ4v) is 4.93. The number of thiazole rings is 1. The van der Waals surface area contributed by atoms with E-state index in [1.54, 1.807) is 29.9 Å². The zero-order chi connectivity index (χ0) is 21.4. The van der Waals surface area contributed by atoms with Crippen LogP contribution in [0.5, 0.6) is 5.88 Å². The Hall–Kier alpha value is -3.83. The molecule has 0 amide bonds. The van der Waals surface area contributed by atoms with Gasteiger partial charge in [0.2, 0.25) is 5.95 Å². The molecular formula is C20H14N6O3S2. The van der Waals surface area contributed by atoms with Crippen LogP contribution in [-0.4, -0.2) is 39.7 Å². The molecule has 3 N–H and O–H groups in total. The molecule has 3 heterocycles. The van der Waals surface area contributed by atoms with Gasteiger partial charge in [0.25, 0.3) is 10.0 Å². The zero-order valence-corrected chi connectivity index (χ0v) is 17.4. The second kappa shape index (κ2) is 7.45. The SMILES string of the molecule is O=S(=O)(Nc1ncccn1)c1ccc(N=Cc2c(O)[nH]c3ccc4ncsc4c23)cc1. The minimum atomic E-state index is -3.82. The van der Waals surface area contributed by atoms with Crippen molar-refractivity contribution in [2.45, 2.75) is 4.90 Å². The molecule has 0 aliphatic rings. The van der Waals surface area contributed by atoms with Crippen LogP contribution in [0.2, 0.25) is 0 Å². The van der Waals surface area contributed by atoms with Crippen molar-refractivity contribution >= 4 is 60.3 Å². The van der Waals surface area contributed by atoms with Crippen LogP contribution in [-0.2, 0) is 10.0 Å². The first kappa shape index (κ1) is 19.2. The summed E-state index contributed by atoms with van der Waals surface area (Å²) < 4.78 is 28.2. The summed E-state index contributed by atoms with van der Waals surface area (Å²) in [5, 5.41) is 11.2. The van der Waals surface area contributed by atoms with Gasteiger partial charge in [0, 0.05) is 24.0 Å². The Bertz CT molecular complexity index is 1520. The third kappa shape index (κ3) is 3.60. The van der Waals surface area contributed by atoms with Crippen molar-refractivity contribution in [1.82, 2.24) is 19.9 Å². The Labute approximate surface area is 180 Å². The predicted octanol–water partition coefficient (Wildman–Crippen LogP) is 3.82. The van der Waals surface area contributed by atoms with Crippen LogP contribution in [0.3, 0.4) is 0 Å². The van der Waals surface area contributed by atoms with E-state index < -0.39 is 10.0 Å². The van der Waals surface area contributed by atoms with Crippen LogP contribution in [0.1, 0.15) is 5.56 Å². The molecule has 0 bridgehead atoms. The Balaban J connectivity index is 1.44. The van der Waals surface area contributed by atoms with Crippen molar-refractivity contribution in [3.05, 3.63) is 65.9 Å². The minimum absolute atomic E-state index is 0.00547. The number of aromatic nitrogens is 4. The van der Waals surface area contributed by atoms with E-state index in [2.05, 4.69) is 29.7 Å². The number of hydrogen-bond donors (Lipinski definition) is 3. The van der Waals surface area contributed by atoms with Crippen molar-refractivity contribution in [2.75, 3.05) is 4.72 Å². The summed E-state index contributed by atoms with van der Waals surface area (Å²) in [5.41, 5.74) is 4.45. The Morgan fingerprint density at radius 3 is 2.61 bits per heavy atom. The Morgan fingerprint density at radius 2 is 1.84 bits per heavy atom. The molecule has 11 heteroatoms. The van der Waals surface area contributed by atoms with E-state index in [0.717, 1.165) is 21.1 Å². The van der Waals surface area contributed by atoms with Crippen molar-refractivity contribution in [3.63, 3.8) is 0 Å². The Morgan fingerprint density at radius 1 is 1.06 bits per heavy atom. The number of H-pyrrole nitrogens is 1. The first-order chi connectivity index (χ1) is 15.0. The molecule has 9 nitrogen and oxygen atoms in total. The molecule has 31 heavy (non-hydrogen) atoms. The van der Waals surface area contributed by atoms with Gasteiger partial charge in [-0.1, -0.05) is 0 Å².